The van der Waals surface area contributed by atoms with E-state index in [1.165, 1.54) is 6.08 Å². The molecule has 0 unspecified atom stereocenters. The molecule has 0 aliphatic heterocycles. The van der Waals surface area contributed by atoms with Crippen molar-refractivity contribution in [2.24, 2.45) is 0 Å². The molecule has 4 heteroatoms. The van der Waals surface area contributed by atoms with E-state index in [4.69, 9.17) is 4.74 Å². The van der Waals surface area contributed by atoms with E-state index >= 15 is 0 Å². The van der Waals surface area contributed by atoms with Gasteiger partial charge in [0.15, 0.2) is 0 Å². The number of rotatable bonds is 5. The minimum atomic E-state index is -0.488. The third-order valence-corrected chi connectivity index (χ3v) is 0.855. The molecular weight excluding hydrogens is 146 g/mol. The van der Waals surface area contributed by atoms with Crippen LogP contribution >= 0.6 is 0 Å². The van der Waals surface area contributed by atoms with E-state index in [1.807, 2.05) is 6.92 Å². The number of carbonyl (C=O) groups is 1. The van der Waals surface area contributed by atoms with Crippen molar-refractivity contribution in [3.05, 3.63) is 12.7 Å². The van der Waals surface area contributed by atoms with E-state index in [2.05, 4.69) is 16.6 Å². The van der Waals surface area contributed by atoms with E-state index < -0.39 is 6.09 Å². The Morgan fingerprint density at radius 1 is 1.73 bits per heavy atom. The first-order valence-electron chi connectivity index (χ1n) is 3.40. The summed E-state index contributed by atoms with van der Waals surface area (Å²) in [5.41, 5.74) is 0. The number of alkyl carbamates (subject to hydrolysis) is 1. The third-order valence-electron chi connectivity index (χ3n) is 0.855. The van der Waals surface area contributed by atoms with E-state index in [1.54, 1.807) is 0 Å². The van der Waals surface area contributed by atoms with Crippen molar-refractivity contribution in [2.45, 2.75) is 6.92 Å². The molecule has 11 heavy (non-hydrogen) atoms. The Morgan fingerprint density at radius 2 is 2.45 bits per heavy atom. The number of hydrogen-bond acceptors (Lipinski definition) is 3. The summed E-state index contributed by atoms with van der Waals surface area (Å²) < 4.78 is 9.44. The molecular formula is C7H13NO3. The molecule has 0 fully saturated rings. The van der Waals surface area contributed by atoms with Crippen LogP contribution in [0.2, 0.25) is 0 Å². The molecule has 4 nitrogen and oxygen atoms in total. The lowest BCUT2D eigenvalue weighted by molar-refractivity contribution is 0.107. The van der Waals surface area contributed by atoms with Crippen LogP contribution in [0.4, 0.5) is 4.79 Å². The maximum Gasteiger partial charge on any atom is 0.409 e. The van der Waals surface area contributed by atoms with Gasteiger partial charge in [-0.15, -0.1) is 0 Å². The Balaban J connectivity index is 3.15. The molecule has 0 aromatic rings. The van der Waals surface area contributed by atoms with Gasteiger partial charge in [-0.3, -0.25) is 5.32 Å². The first-order chi connectivity index (χ1) is 5.31. The summed E-state index contributed by atoms with van der Waals surface area (Å²) in [6.45, 7) is 6.22. The van der Waals surface area contributed by atoms with Crippen LogP contribution in [0, 0.1) is 0 Å². The SMILES string of the molecule is C=CCOC(=O)NCOCC. The van der Waals surface area contributed by atoms with Gasteiger partial charge in [-0.05, 0) is 6.92 Å². The van der Waals surface area contributed by atoms with Gasteiger partial charge >= 0.3 is 6.09 Å². The average molecular weight is 159 g/mol. The number of amides is 1. The van der Waals surface area contributed by atoms with Crippen LogP contribution in [-0.2, 0) is 9.47 Å². The summed E-state index contributed by atoms with van der Waals surface area (Å²) in [5.74, 6) is 0. The van der Waals surface area contributed by atoms with Crippen LogP contribution in [0.5, 0.6) is 0 Å². The molecule has 0 radical (unpaired) electrons. The highest BCUT2D eigenvalue weighted by atomic mass is 16.6. The maximum absolute atomic E-state index is 10.6. The van der Waals surface area contributed by atoms with Crippen molar-refractivity contribution in [3.8, 4) is 0 Å². The summed E-state index contributed by atoms with van der Waals surface area (Å²) in [7, 11) is 0. The van der Waals surface area contributed by atoms with Crippen molar-refractivity contribution in [2.75, 3.05) is 19.9 Å². The summed E-state index contributed by atoms with van der Waals surface area (Å²) >= 11 is 0. The van der Waals surface area contributed by atoms with Gasteiger partial charge < -0.3 is 9.47 Å². The minimum Gasteiger partial charge on any atom is -0.445 e. The maximum atomic E-state index is 10.6. The zero-order valence-electron chi connectivity index (χ0n) is 6.63. The Hall–Kier alpha value is -1.03. The molecule has 0 aliphatic carbocycles. The first-order valence-corrected chi connectivity index (χ1v) is 3.40. The number of hydrogen-bond donors (Lipinski definition) is 1. The smallest absolute Gasteiger partial charge is 0.409 e. The second kappa shape index (κ2) is 7.08. The predicted octanol–water partition coefficient (Wildman–Crippen LogP) is 0.893. The van der Waals surface area contributed by atoms with Crippen LogP contribution in [0.3, 0.4) is 0 Å². The quantitative estimate of drug-likeness (QED) is 0.368. The largest absolute Gasteiger partial charge is 0.445 e. The monoisotopic (exact) mass is 159 g/mol. The van der Waals surface area contributed by atoms with Gasteiger partial charge in [0.05, 0.1) is 0 Å². The fourth-order valence-electron chi connectivity index (χ4n) is 0.398. The predicted molar refractivity (Wildman–Crippen MR) is 41.2 cm³/mol. The molecule has 0 saturated heterocycles. The van der Waals surface area contributed by atoms with Crippen molar-refractivity contribution < 1.29 is 14.3 Å². The zero-order chi connectivity index (χ0) is 8.53. The second-order valence-corrected chi connectivity index (χ2v) is 1.70. The van der Waals surface area contributed by atoms with Gasteiger partial charge in [-0.1, -0.05) is 12.7 Å². The van der Waals surface area contributed by atoms with Crippen LogP contribution in [0.25, 0.3) is 0 Å². The van der Waals surface area contributed by atoms with Gasteiger partial charge in [0.1, 0.15) is 13.3 Å². The lowest BCUT2D eigenvalue weighted by Gasteiger charge is -2.03. The van der Waals surface area contributed by atoms with Crippen LogP contribution < -0.4 is 5.32 Å². The Labute approximate surface area is 66.2 Å². The van der Waals surface area contributed by atoms with E-state index in [0.717, 1.165) is 0 Å². The number of carbonyl (C=O) groups excluding carboxylic acids is 1. The van der Waals surface area contributed by atoms with Gasteiger partial charge in [-0.25, -0.2) is 4.79 Å². The standard InChI is InChI=1S/C7H13NO3/c1-3-5-11-7(9)8-6-10-4-2/h3H,1,4-6H2,2H3,(H,8,9). The highest BCUT2D eigenvalue weighted by Crippen LogP contribution is 1.77. The van der Waals surface area contributed by atoms with Crippen molar-refractivity contribution in [1.82, 2.24) is 5.32 Å². The van der Waals surface area contributed by atoms with Crippen LogP contribution in [-0.4, -0.2) is 26.0 Å². The first kappa shape index (κ1) is 9.97. The molecule has 64 valence electrons. The molecule has 0 aromatic heterocycles. The molecule has 0 bridgehead atoms. The molecule has 0 aliphatic rings. The fraction of sp³-hybridized carbons (Fsp3) is 0.571. The van der Waals surface area contributed by atoms with E-state index in [-0.39, 0.29) is 13.3 Å². The number of nitrogens with one attached hydrogen (secondary N) is 1. The summed E-state index contributed by atoms with van der Waals surface area (Å²) in [4.78, 5) is 10.6. The lowest BCUT2D eigenvalue weighted by atomic mass is 10.7. The summed E-state index contributed by atoms with van der Waals surface area (Å²) in [6, 6.07) is 0. The van der Waals surface area contributed by atoms with Gasteiger partial charge in [0.2, 0.25) is 0 Å². The van der Waals surface area contributed by atoms with Crippen LogP contribution in [0.15, 0.2) is 12.7 Å². The minimum absolute atomic E-state index is 0.187. The highest BCUT2D eigenvalue weighted by molar-refractivity contribution is 5.66. The Bertz CT molecular complexity index is 125. The summed E-state index contributed by atoms with van der Waals surface area (Å²) in [6.07, 6.45) is 1.01. The number of ether oxygens (including phenoxy) is 2. The molecule has 0 rings (SSSR count). The Kier molecular flexibility index (Phi) is 6.42. The fourth-order valence-corrected chi connectivity index (χ4v) is 0.398. The molecule has 1 N–H and O–H groups in total. The molecule has 0 atom stereocenters. The average Bonchev–Trinajstić information content (AvgIpc) is 2.01. The molecule has 0 saturated carbocycles. The highest BCUT2D eigenvalue weighted by Gasteiger charge is 1.96. The van der Waals surface area contributed by atoms with Gasteiger partial charge in [-0.2, -0.15) is 0 Å². The van der Waals surface area contributed by atoms with Crippen molar-refractivity contribution >= 4 is 6.09 Å². The van der Waals surface area contributed by atoms with Crippen LogP contribution in [0.1, 0.15) is 6.92 Å². The zero-order valence-corrected chi connectivity index (χ0v) is 6.63. The second-order valence-electron chi connectivity index (χ2n) is 1.70. The Morgan fingerprint density at radius 3 is 3.00 bits per heavy atom. The molecule has 0 heterocycles. The van der Waals surface area contributed by atoms with Crippen molar-refractivity contribution in [1.29, 1.82) is 0 Å². The van der Waals surface area contributed by atoms with E-state index in [0.29, 0.717) is 6.61 Å². The molecule has 0 spiro atoms. The molecule has 0 aromatic carbocycles. The van der Waals surface area contributed by atoms with Gasteiger partial charge in [0.25, 0.3) is 0 Å². The lowest BCUT2D eigenvalue weighted by Crippen LogP contribution is -2.26. The van der Waals surface area contributed by atoms with Crippen molar-refractivity contribution in [3.63, 3.8) is 0 Å². The normalized spacial score (nSPS) is 8.82. The molecule has 1 amide bonds. The van der Waals surface area contributed by atoms with Gasteiger partial charge in [0, 0.05) is 6.61 Å². The third kappa shape index (κ3) is 6.86. The summed E-state index contributed by atoms with van der Waals surface area (Å²) in [5, 5.41) is 2.39. The topological polar surface area (TPSA) is 47.6 Å². The van der Waals surface area contributed by atoms with E-state index in [9.17, 15) is 4.79 Å².